The van der Waals surface area contributed by atoms with Crippen LogP contribution in [0, 0.1) is 5.41 Å². The molecule has 1 rings (SSSR count). The Morgan fingerprint density at radius 3 is 3.00 bits per heavy atom. The van der Waals surface area contributed by atoms with Gasteiger partial charge in [-0.05, 0) is 25.5 Å². The Bertz CT molecular complexity index is 123. The standard InChI is InChI=1S/C7H12N2/c1-2-6(8)7-4-3-5-9-7/h2,7-9H,1,3-5H2. The minimum Gasteiger partial charge on any atom is -0.309 e. The first kappa shape index (κ1) is 6.49. The third kappa shape index (κ3) is 1.39. The molecule has 1 aliphatic rings. The predicted molar refractivity (Wildman–Crippen MR) is 38.9 cm³/mol. The minimum absolute atomic E-state index is 0.294. The van der Waals surface area contributed by atoms with Crippen LogP contribution in [-0.2, 0) is 0 Å². The predicted octanol–water partition coefficient (Wildman–Crippen LogP) is 0.944. The van der Waals surface area contributed by atoms with Crippen molar-refractivity contribution in [2.75, 3.05) is 6.54 Å². The van der Waals surface area contributed by atoms with E-state index in [1.807, 2.05) is 0 Å². The van der Waals surface area contributed by atoms with Gasteiger partial charge in [-0.2, -0.15) is 0 Å². The SMILES string of the molecule is C=CC(=N)C1CCCN1. The highest BCUT2D eigenvalue weighted by atomic mass is 14.9. The highest BCUT2D eigenvalue weighted by molar-refractivity contribution is 5.96. The Balaban J connectivity index is 2.41. The molecule has 1 aliphatic heterocycles. The Morgan fingerprint density at radius 1 is 1.78 bits per heavy atom. The number of hydrogen-bond acceptors (Lipinski definition) is 2. The molecule has 0 spiro atoms. The van der Waals surface area contributed by atoms with Crippen LogP contribution in [0.4, 0.5) is 0 Å². The zero-order valence-corrected chi connectivity index (χ0v) is 5.48. The number of nitrogens with one attached hydrogen (secondary N) is 2. The van der Waals surface area contributed by atoms with Crippen LogP contribution in [0.2, 0.25) is 0 Å². The van der Waals surface area contributed by atoms with Gasteiger partial charge in [0, 0.05) is 11.8 Å². The van der Waals surface area contributed by atoms with Crippen LogP contribution in [0.1, 0.15) is 12.8 Å². The summed E-state index contributed by atoms with van der Waals surface area (Å²) in [5.74, 6) is 0. The van der Waals surface area contributed by atoms with Crippen LogP contribution in [0.5, 0.6) is 0 Å². The molecule has 2 N–H and O–H groups in total. The van der Waals surface area contributed by atoms with Crippen molar-refractivity contribution in [3.63, 3.8) is 0 Å². The van der Waals surface area contributed by atoms with E-state index in [0.29, 0.717) is 11.8 Å². The van der Waals surface area contributed by atoms with Crippen molar-refractivity contribution < 1.29 is 0 Å². The van der Waals surface area contributed by atoms with Crippen molar-refractivity contribution in [2.24, 2.45) is 0 Å². The second-order valence-corrected chi connectivity index (χ2v) is 2.31. The van der Waals surface area contributed by atoms with E-state index >= 15 is 0 Å². The summed E-state index contributed by atoms with van der Waals surface area (Å²) in [6, 6.07) is 0.294. The highest BCUT2D eigenvalue weighted by Crippen LogP contribution is 2.05. The first-order chi connectivity index (χ1) is 4.34. The van der Waals surface area contributed by atoms with Crippen molar-refractivity contribution in [3.8, 4) is 0 Å². The van der Waals surface area contributed by atoms with Gasteiger partial charge in [0.05, 0.1) is 0 Å². The molecule has 1 atom stereocenters. The van der Waals surface area contributed by atoms with E-state index in [0.717, 1.165) is 13.0 Å². The maximum absolute atomic E-state index is 7.35. The smallest absolute Gasteiger partial charge is 0.0488 e. The van der Waals surface area contributed by atoms with Crippen molar-refractivity contribution >= 4 is 5.71 Å². The molecule has 1 fully saturated rings. The zero-order chi connectivity index (χ0) is 6.69. The van der Waals surface area contributed by atoms with Gasteiger partial charge in [-0.15, -0.1) is 0 Å². The highest BCUT2D eigenvalue weighted by Gasteiger charge is 2.15. The Hall–Kier alpha value is -0.630. The Morgan fingerprint density at radius 2 is 2.56 bits per heavy atom. The summed E-state index contributed by atoms with van der Waals surface area (Å²) in [5, 5.41) is 10.6. The quantitative estimate of drug-likeness (QED) is 0.528. The molecule has 1 saturated heterocycles. The molecule has 0 aromatic heterocycles. The molecule has 9 heavy (non-hydrogen) atoms. The van der Waals surface area contributed by atoms with Gasteiger partial charge in [-0.1, -0.05) is 6.58 Å². The Kier molecular flexibility index (Phi) is 2.01. The van der Waals surface area contributed by atoms with Crippen LogP contribution in [-0.4, -0.2) is 18.3 Å². The van der Waals surface area contributed by atoms with Gasteiger partial charge < -0.3 is 10.7 Å². The van der Waals surface area contributed by atoms with Crippen molar-refractivity contribution in [2.45, 2.75) is 18.9 Å². The second kappa shape index (κ2) is 2.78. The molecule has 0 saturated carbocycles. The van der Waals surface area contributed by atoms with E-state index in [4.69, 9.17) is 5.41 Å². The van der Waals surface area contributed by atoms with E-state index < -0.39 is 0 Å². The van der Waals surface area contributed by atoms with Gasteiger partial charge in [0.15, 0.2) is 0 Å². The molecular weight excluding hydrogens is 112 g/mol. The molecule has 2 heteroatoms. The lowest BCUT2D eigenvalue weighted by Gasteiger charge is -2.05. The summed E-state index contributed by atoms with van der Waals surface area (Å²) in [6.45, 7) is 4.60. The molecule has 0 radical (unpaired) electrons. The van der Waals surface area contributed by atoms with E-state index in [2.05, 4.69) is 11.9 Å². The molecule has 2 nitrogen and oxygen atoms in total. The molecule has 1 heterocycles. The third-order valence-electron chi connectivity index (χ3n) is 1.66. The molecule has 0 aromatic rings. The van der Waals surface area contributed by atoms with Crippen LogP contribution < -0.4 is 5.32 Å². The molecule has 1 unspecified atom stereocenters. The molecule has 0 bridgehead atoms. The van der Waals surface area contributed by atoms with Gasteiger partial charge >= 0.3 is 0 Å². The first-order valence-corrected chi connectivity index (χ1v) is 3.29. The Labute approximate surface area is 55.5 Å². The van der Waals surface area contributed by atoms with Gasteiger partial charge in [0.25, 0.3) is 0 Å². The lowest BCUT2D eigenvalue weighted by atomic mass is 10.1. The normalized spacial score (nSPS) is 26.0. The van der Waals surface area contributed by atoms with E-state index in [1.54, 1.807) is 6.08 Å². The van der Waals surface area contributed by atoms with Crippen molar-refractivity contribution in [3.05, 3.63) is 12.7 Å². The van der Waals surface area contributed by atoms with Crippen LogP contribution in [0.25, 0.3) is 0 Å². The van der Waals surface area contributed by atoms with Gasteiger partial charge in [-0.25, -0.2) is 0 Å². The summed E-state index contributed by atoms with van der Waals surface area (Å²) in [6.07, 6.45) is 3.91. The summed E-state index contributed by atoms with van der Waals surface area (Å²) in [7, 11) is 0. The second-order valence-electron chi connectivity index (χ2n) is 2.31. The summed E-state index contributed by atoms with van der Waals surface area (Å²) in [4.78, 5) is 0. The zero-order valence-electron chi connectivity index (χ0n) is 5.48. The average molecular weight is 124 g/mol. The maximum atomic E-state index is 7.35. The van der Waals surface area contributed by atoms with Crippen LogP contribution >= 0.6 is 0 Å². The van der Waals surface area contributed by atoms with Gasteiger partial charge in [-0.3, -0.25) is 0 Å². The largest absolute Gasteiger partial charge is 0.309 e. The molecule has 0 amide bonds. The van der Waals surface area contributed by atoms with Gasteiger partial charge in [0.2, 0.25) is 0 Å². The fraction of sp³-hybridized carbons (Fsp3) is 0.571. The maximum Gasteiger partial charge on any atom is 0.0488 e. The third-order valence-corrected chi connectivity index (χ3v) is 1.66. The summed E-state index contributed by atoms with van der Waals surface area (Å²) in [5.41, 5.74) is 0.632. The summed E-state index contributed by atoms with van der Waals surface area (Å²) >= 11 is 0. The fourth-order valence-electron chi connectivity index (χ4n) is 1.09. The fourth-order valence-corrected chi connectivity index (χ4v) is 1.09. The molecule has 0 aliphatic carbocycles. The van der Waals surface area contributed by atoms with Crippen LogP contribution in [0.3, 0.4) is 0 Å². The van der Waals surface area contributed by atoms with Crippen molar-refractivity contribution in [1.82, 2.24) is 5.32 Å². The van der Waals surface area contributed by atoms with E-state index in [9.17, 15) is 0 Å². The molecule has 0 aromatic carbocycles. The average Bonchev–Trinajstić information content (AvgIpc) is 2.37. The van der Waals surface area contributed by atoms with Crippen LogP contribution in [0.15, 0.2) is 12.7 Å². The number of hydrogen-bond donors (Lipinski definition) is 2. The summed E-state index contributed by atoms with van der Waals surface area (Å²) < 4.78 is 0. The molecule has 50 valence electrons. The monoisotopic (exact) mass is 124 g/mol. The minimum atomic E-state index is 0.294. The topological polar surface area (TPSA) is 35.9 Å². The van der Waals surface area contributed by atoms with Gasteiger partial charge in [0.1, 0.15) is 0 Å². The molecular formula is C7H12N2. The van der Waals surface area contributed by atoms with E-state index in [1.165, 1.54) is 6.42 Å². The first-order valence-electron chi connectivity index (χ1n) is 3.29. The lowest BCUT2D eigenvalue weighted by Crippen LogP contribution is -2.28. The lowest BCUT2D eigenvalue weighted by molar-refractivity contribution is 0.761. The van der Waals surface area contributed by atoms with E-state index in [-0.39, 0.29) is 0 Å². The number of rotatable bonds is 2. The van der Waals surface area contributed by atoms with Crippen molar-refractivity contribution in [1.29, 1.82) is 5.41 Å².